The molecule has 0 unspecified atom stereocenters. The largest absolute Gasteiger partial charge is 0.480 e. The van der Waals surface area contributed by atoms with Crippen LogP contribution < -0.4 is 43.4 Å². The number of aliphatic carboxylic acids is 1. The summed E-state index contributed by atoms with van der Waals surface area (Å²) in [6, 6.07) is 19.5. The molecule has 3 aromatic carbocycles. The molecule has 1 aliphatic carbocycles. The maximum atomic E-state index is 13.7. The van der Waals surface area contributed by atoms with Gasteiger partial charge in [0.25, 0.3) is 0 Å². The number of benzene rings is 3. The van der Waals surface area contributed by atoms with Gasteiger partial charge in [-0.1, -0.05) is 92.7 Å². The SMILES string of the molecule is CC(C)C[C@H](NC(=O)[C@H](Cc1ccccc1)NC(=O)CNC(=O)CNC(=O)[C@H](CCC(N)=O)NC(=O)OCC1c2ccccc2-c2ccccc21)C(=O)N[C@@H](CCCCN)C(=O)O. The number of nitrogens with one attached hydrogen (secondary N) is 6. The molecule has 0 saturated carbocycles. The van der Waals surface area contributed by atoms with Crippen LogP contribution in [0.5, 0.6) is 0 Å². The zero-order valence-corrected chi connectivity index (χ0v) is 35.5. The molecule has 0 aromatic heterocycles. The van der Waals surface area contributed by atoms with Crippen molar-refractivity contribution in [2.75, 3.05) is 26.2 Å². The fourth-order valence-corrected chi connectivity index (χ4v) is 7.17. The summed E-state index contributed by atoms with van der Waals surface area (Å²) in [7, 11) is 0. The Balaban J connectivity index is 1.32. The van der Waals surface area contributed by atoms with Gasteiger partial charge < -0.3 is 53.2 Å². The first-order valence-electron chi connectivity index (χ1n) is 21.0. The molecule has 11 N–H and O–H groups in total. The molecular weight excluding hydrogens is 813 g/mol. The lowest BCUT2D eigenvalue weighted by Gasteiger charge is -2.25. The number of amides is 7. The zero-order chi connectivity index (χ0) is 45.9. The average Bonchev–Trinajstić information content (AvgIpc) is 3.58. The van der Waals surface area contributed by atoms with E-state index in [1.165, 1.54) is 0 Å². The van der Waals surface area contributed by atoms with Crippen molar-refractivity contribution >= 4 is 47.5 Å². The van der Waals surface area contributed by atoms with Gasteiger partial charge in [-0.25, -0.2) is 9.59 Å². The molecule has 0 aliphatic heterocycles. The highest BCUT2D eigenvalue weighted by atomic mass is 16.5. The van der Waals surface area contributed by atoms with Gasteiger partial charge in [-0.05, 0) is 72.4 Å². The highest BCUT2D eigenvalue weighted by molar-refractivity contribution is 5.95. The summed E-state index contributed by atoms with van der Waals surface area (Å²) in [6.07, 6.45) is 0.0172. The van der Waals surface area contributed by atoms with Gasteiger partial charge in [-0.2, -0.15) is 0 Å². The van der Waals surface area contributed by atoms with Crippen LogP contribution in [0, 0.1) is 5.92 Å². The van der Waals surface area contributed by atoms with Gasteiger partial charge in [0.2, 0.25) is 35.4 Å². The van der Waals surface area contributed by atoms with E-state index < -0.39 is 84.8 Å². The molecular formula is C45H58N8O10. The van der Waals surface area contributed by atoms with Crippen LogP contribution in [0.2, 0.25) is 0 Å². The molecule has 4 rings (SSSR count). The molecule has 4 atom stereocenters. The Morgan fingerprint density at radius 1 is 0.651 bits per heavy atom. The molecule has 0 heterocycles. The molecule has 7 amide bonds. The third kappa shape index (κ3) is 15.5. The Morgan fingerprint density at radius 3 is 1.84 bits per heavy atom. The van der Waals surface area contributed by atoms with Crippen LogP contribution in [0.1, 0.15) is 75.0 Å². The van der Waals surface area contributed by atoms with E-state index >= 15 is 0 Å². The number of hydrogen-bond acceptors (Lipinski definition) is 10. The molecule has 0 fully saturated rings. The fraction of sp³-hybridized carbons (Fsp3) is 0.422. The smallest absolute Gasteiger partial charge is 0.407 e. The Kier molecular flexibility index (Phi) is 19.1. The molecule has 0 bridgehead atoms. The van der Waals surface area contributed by atoms with E-state index in [0.29, 0.717) is 24.9 Å². The van der Waals surface area contributed by atoms with E-state index in [4.69, 9.17) is 16.2 Å². The lowest BCUT2D eigenvalue weighted by Crippen LogP contribution is -2.57. The molecule has 0 saturated heterocycles. The summed E-state index contributed by atoms with van der Waals surface area (Å²) < 4.78 is 5.55. The zero-order valence-electron chi connectivity index (χ0n) is 35.5. The maximum Gasteiger partial charge on any atom is 0.407 e. The number of carbonyl (C=O) groups is 8. The Morgan fingerprint density at radius 2 is 1.24 bits per heavy atom. The van der Waals surface area contributed by atoms with Gasteiger partial charge in [0.05, 0.1) is 13.1 Å². The minimum atomic E-state index is -1.30. The third-order valence-corrected chi connectivity index (χ3v) is 10.3. The van der Waals surface area contributed by atoms with E-state index in [9.17, 15) is 43.5 Å². The number of alkyl carbamates (subject to hydrolysis) is 1. The van der Waals surface area contributed by atoms with Crippen molar-refractivity contribution in [2.45, 2.75) is 88.9 Å². The number of carbonyl (C=O) groups excluding carboxylic acids is 7. The summed E-state index contributed by atoms with van der Waals surface area (Å²) >= 11 is 0. The van der Waals surface area contributed by atoms with Gasteiger partial charge in [-0.3, -0.25) is 28.8 Å². The predicted molar refractivity (Wildman–Crippen MR) is 232 cm³/mol. The summed E-state index contributed by atoms with van der Waals surface area (Å²) in [5.74, 6) is -6.04. The van der Waals surface area contributed by atoms with Crippen LogP contribution in [0.4, 0.5) is 4.79 Å². The first-order chi connectivity index (χ1) is 30.2. The fourth-order valence-electron chi connectivity index (χ4n) is 7.17. The number of hydrogen-bond donors (Lipinski definition) is 9. The predicted octanol–water partition coefficient (Wildman–Crippen LogP) is 1.35. The van der Waals surface area contributed by atoms with Crippen molar-refractivity contribution in [3.63, 3.8) is 0 Å². The topological polar surface area (TPSA) is 290 Å². The van der Waals surface area contributed by atoms with E-state index in [0.717, 1.165) is 22.3 Å². The summed E-state index contributed by atoms with van der Waals surface area (Å²) in [5, 5.41) is 24.7. The second-order valence-corrected chi connectivity index (χ2v) is 15.7. The van der Waals surface area contributed by atoms with E-state index in [-0.39, 0.29) is 50.5 Å². The average molecular weight is 871 g/mol. The lowest BCUT2D eigenvalue weighted by molar-refractivity contribution is -0.142. The van der Waals surface area contributed by atoms with Crippen LogP contribution in [0.15, 0.2) is 78.9 Å². The number of rotatable bonds is 25. The summed E-state index contributed by atoms with van der Waals surface area (Å²) in [5.41, 5.74) is 15.6. The van der Waals surface area contributed by atoms with E-state index in [2.05, 4.69) is 31.9 Å². The second-order valence-electron chi connectivity index (χ2n) is 15.7. The second kappa shape index (κ2) is 24.6. The van der Waals surface area contributed by atoms with E-state index in [1.54, 1.807) is 30.3 Å². The Bertz CT molecular complexity index is 2040. The highest BCUT2D eigenvalue weighted by Gasteiger charge is 2.32. The van der Waals surface area contributed by atoms with Crippen LogP contribution in [0.3, 0.4) is 0 Å². The molecule has 3 aromatic rings. The van der Waals surface area contributed by atoms with Crippen molar-refractivity contribution in [1.29, 1.82) is 0 Å². The Hall–Kier alpha value is -6.82. The van der Waals surface area contributed by atoms with Gasteiger partial charge in [0, 0.05) is 18.8 Å². The number of carboxylic acids is 1. The minimum absolute atomic E-state index is 0.0125. The number of primary amides is 1. The minimum Gasteiger partial charge on any atom is -0.480 e. The number of carboxylic acid groups (broad SMARTS) is 1. The molecule has 18 nitrogen and oxygen atoms in total. The molecule has 63 heavy (non-hydrogen) atoms. The first-order valence-corrected chi connectivity index (χ1v) is 21.0. The van der Waals surface area contributed by atoms with Crippen molar-refractivity contribution in [3.05, 3.63) is 95.6 Å². The quantitative estimate of drug-likeness (QED) is 0.0548. The normalized spacial score (nSPS) is 13.5. The lowest BCUT2D eigenvalue weighted by atomic mass is 9.98. The van der Waals surface area contributed by atoms with Crippen molar-refractivity contribution in [1.82, 2.24) is 31.9 Å². The van der Waals surface area contributed by atoms with Crippen LogP contribution >= 0.6 is 0 Å². The van der Waals surface area contributed by atoms with Gasteiger partial charge in [0.15, 0.2) is 0 Å². The standard InChI is InChI=1S/C45H58N8O10/c1-27(2)22-36(42(58)51-35(44(60)61)18-10-11-21-46)52-43(59)37(23-28-12-4-3-5-13-28)50-40(56)25-48-39(55)24-49-41(57)34(19-20-38(47)54)53-45(62)63-26-33-31-16-8-6-14-29(31)30-15-7-9-17-32(30)33/h3-9,12-17,27,33-37H,10-11,18-26,46H2,1-2H3,(H2,47,54)(H,48,55)(H,49,57)(H,50,56)(H,51,58)(H,52,59)(H,53,62)(H,60,61)/t34-,35-,36-,37-/m0/s1. The molecule has 0 spiro atoms. The number of nitrogens with two attached hydrogens (primary N) is 2. The molecule has 1 aliphatic rings. The Labute approximate surface area is 366 Å². The summed E-state index contributed by atoms with van der Waals surface area (Å²) in [6.45, 7) is 2.79. The first kappa shape index (κ1) is 48.8. The van der Waals surface area contributed by atoms with Gasteiger partial charge in [0.1, 0.15) is 30.8 Å². The molecule has 338 valence electrons. The van der Waals surface area contributed by atoms with Crippen molar-refractivity contribution < 1.29 is 48.2 Å². The molecule has 18 heteroatoms. The third-order valence-electron chi connectivity index (χ3n) is 10.3. The number of fused-ring (bicyclic) bond motifs is 3. The monoisotopic (exact) mass is 870 g/mol. The summed E-state index contributed by atoms with van der Waals surface area (Å²) in [4.78, 5) is 103. The van der Waals surface area contributed by atoms with Crippen molar-refractivity contribution in [3.8, 4) is 11.1 Å². The maximum absolute atomic E-state index is 13.7. The van der Waals surface area contributed by atoms with Gasteiger partial charge in [-0.15, -0.1) is 0 Å². The van der Waals surface area contributed by atoms with Crippen LogP contribution in [-0.2, 0) is 44.7 Å². The van der Waals surface area contributed by atoms with Crippen LogP contribution in [0.25, 0.3) is 11.1 Å². The number of ether oxygens (including phenoxy) is 1. The van der Waals surface area contributed by atoms with Crippen LogP contribution in [-0.4, -0.2) is 103 Å². The van der Waals surface area contributed by atoms with E-state index in [1.807, 2.05) is 62.4 Å². The highest BCUT2D eigenvalue weighted by Crippen LogP contribution is 2.44. The van der Waals surface area contributed by atoms with Gasteiger partial charge >= 0.3 is 12.1 Å². The molecule has 0 radical (unpaired) electrons. The van der Waals surface area contributed by atoms with Crippen molar-refractivity contribution in [2.24, 2.45) is 17.4 Å². The number of unbranched alkanes of at least 4 members (excludes halogenated alkanes) is 1.